The molecule has 14 heavy (non-hydrogen) atoms. The second-order valence-corrected chi connectivity index (χ2v) is 2.54. The fourth-order valence-corrected chi connectivity index (χ4v) is 1.01. The molecule has 0 saturated carbocycles. The molecule has 0 unspecified atom stereocenters. The third kappa shape index (κ3) is 2.47. The average Bonchev–Trinajstić information content (AvgIpc) is 2.26. The smallest absolute Gasteiger partial charge is 0.233 e. The van der Waals surface area contributed by atoms with Crippen molar-refractivity contribution < 1.29 is 19.4 Å². The maximum absolute atomic E-state index is 10.3. The first-order valence-corrected chi connectivity index (χ1v) is 4.11. The van der Waals surface area contributed by atoms with Crippen molar-refractivity contribution in [3.8, 4) is 11.5 Å². The van der Waals surface area contributed by atoms with Gasteiger partial charge in [-0.1, -0.05) is 0 Å². The van der Waals surface area contributed by atoms with E-state index in [9.17, 15) is 4.79 Å². The Morgan fingerprint density at radius 2 is 2.21 bits per heavy atom. The van der Waals surface area contributed by atoms with Crippen LogP contribution in [0.3, 0.4) is 0 Å². The van der Waals surface area contributed by atoms with Gasteiger partial charge in [-0.15, -0.1) is 0 Å². The molecule has 0 bridgehead atoms. The van der Waals surface area contributed by atoms with Gasteiger partial charge in [-0.2, -0.15) is 0 Å². The molecular formula is C10H11O4. The fourth-order valence-electron chi connectivity index (χ4n) is 1.01. The number of carbonyl (C=O) groups excluding carboxylic acids is 1. The number of ether oxygens (including phenoxy) is 2. The Balaban J connectivity index is 2.87. The maximum Gasteiger partial charge on any atom is 0.233 e. The molecular weight excluding hydrogens is 184 g/mol. The summed E-state index contributed by atoms with van der Waals surface area (Å²) in [5.74, 6) is 0.958. The molecule has 0 heterocycles. The molecule has 0 spiro atoms. The Bertz CT molecular complexity index is 309. The molecule has 0 atom stereocenters. The monoisotopic (exact) mass is 195 g/mol. The van der Waals surface area contributed by atoms with E-state index in [0.717, 1.165) is 0 Å². The van der Waals surface area contributed by atoms with Crippen molar-refractivity contribution in [3.05, 3.63) is 23.8 Å². The van der Waals surface area contributed by atoms with Gasteiger partial charge in [0.15, 0.2) is 11.5 Å². The summed E-state index contributed by atoms with van der Waals surface area (Å²) in [6.45, 7) is 0.130. The Hall–Kier alpha value is -1.55. The van der Waals surface area contributed by atoms with Crippen molar-refractivity contribution >= 4 is 6.29 Å². The average molecular weight is 195 g/mol. The Morgan fingerprint density at radius 3 is 2.79 bits per heavy atom. The predicted molar refractivity (Wildman–Crippen MR) is 50.4 cm³/mol. The standard InChI is InChI=1S/C10H11O4/c1-13-10-6-8(7-12)2-3-9(10)14-5-4-11/h2-3,6,11H,4-5H2,1H3. The Kier molecular flexibility index (Phi) is 3.94. The van der Waals surface area contributed by atoms with Gasteiger partial charge >= 0.3 is 0 Å². The molecule has 4 nitrogen and oxygen atoms in total. The minimum absolute atomic E-state index is 0.0648. The fraction of sp³-hybridized carbons (Fsp3) is 0.300. The van der Waals surface area contributed by atoms with E-state index in [1.165, 1.54) is 13.2 Å². The maximum atomic E-state index is 10.3. The number of benzene rings is 1. The van der Waals surface area contributed by atoms with Gasteiger partial charge in [0, 0.05) is 5.56 Å². The van der Waals surface area contributed by atoms with E-state index in [0.29, 0.717) is 17.1 Å². The molecule has 0 aliphatic rings. The van der Waals surface area contributed by atoms with E-state index < -0.39 is 0 Å². The number of rotatable bonds is 5. The Labute approximate surface area is 82.1 Å². The molecule has 0 saturated heterocycles. The highest BCUT2D eigenvalue weighted by Crippen LogP contribution is 2.27. The molecule has 0 aromatic heterocycles. The third-order valence-electron chi connectivity index (χ3n) is 1.63. The van der Waals surface area contributed by atoms with E-state index in [1.807, 2.05) is 0 Å². The summed E-state index contributed by atoms with van der Waals surface area (Å²) in [6.07, 6.45) is 1.75. The molecule has 1 aromatic rings. The third-order valence-corrected chi connectivity index (χ3v) is 1.63. The first-order chi connectivity index (χ1) is 6.81. The van der Waals surface area contributed by atoms with Crippen molar-refractivity contribution in [3.63, 3.8) is 0 Å². The van der Waals surface area contributed by atoms with Crippen LogP contribution in [-0.4, -0.2) is 31.7 Å². The van der Waals surface area contributed by atoms with Crippen molar-refractivity contribution in [2.24, 2.45) is 0 Å². The predicted octanol–water partition coefficient (Wildman–Crippen LogP) is 0.524. The summed E-state index contributed by atoms with van der Waals surface area (Å²) in [4.78, 5) is 10.3. The molecule has 75 valence electrons. The summed E-state index contributed by atoms with van der Waals surface area (Å²) in [7, 11) is 1.48. The molecule has 0 aliphatic carbocycles. The molecule has 0 amide bonds. The van der Waals surface area contributed by atoms with Crippen LogP contribution in [0.2, 0.25) is 0 Å². The summed E-state index contributed by atoms with van der Waals surface area (Å²) in [5, 5.41) is 8.56. The lowest BCUT2D eigenvalue weighted by Crippen LogP contribution is -2.03. The second-order valence-electron chi connectivity index (χ2n) is 2.54. The zero-order chi connectivity index (χ0) is 10.4. The van der Waals surface area contributed by atoms with Gasteiger partial charge in [-0.05, 0) is 18.2 Å². The number of aliphatic hydroxyl groups is 1. The first-order valence-electron chi connectivity index (χ1n) is 4.11. The van der Waals surface area contributed by atoms with E-state index >= 15 is 0 Å². The van der Waals surface area contributed by atoms with Gasteiger partial charge in [0.1, 0.15) is 6.61 Å². The summed E-state index contributed by atoms with van der Waals surface area (Å²) >= 11 is 0. The van der Waals surface area contributed by atoms with Gasteiger partial charge in [0.05, 0.1) is 13.7 Å². The molecule has 4 heteroatoms. The molecule has 1 radical (unpaired) electrons. The van der Waals surface area contributed by atoms with Gasteiger partial charge < -0.3 is 14.6 Å². The number of hydrogen-bond donors (Lipinski definition) is 1. The van der Waals surface area contributed by atoms with Crippen molar-refractivity contribution in [2.45, 2.75) is 0 Å². The first kappa shape index (κ1) is 10.5. The van der Waals surface area contributed by atoms with Gasteiger partial charge in [0.2, 0.25) is 6.29 Å². The van der Waals surface area contributed by atoms with Crippen LogP contribution < -0.4 is 9.47 Å². The highest BCUT2D eigenvalue weighted by molar-refractivity contribution is 5.76. The Morgan fingerprint density at radius 1 is 1.43 bits per heavy atom. The number of hydrogen-bond acceptors (Lipinski definition) is 4. The normalized spacial score (nSPS) is 9.57. The summed E-state index contributed by atoms with van der Waals surface area (Å²) < 4.78 is 10.2. The second kappa shape index (κ2) is 5.24. The minimum atomic E-state index is -0.0648. The van der Waals surface area contributed by atoms with Crippen LogP contribution in [0, 0.1) is 0 Å². The number of aliphatic hydroxyl groups excluding tert-OH is 1. The number of methoxy groups -OCH3 is 1. The SMILES string of the molecule is COc1cc([C]=O)ccc1OCCO. The quantitative estimate of drug-likeness (QED) is 0.744. The lowest BCUT2D eigenvalue weighted by molar-refractivity contribution is 0.196. The lowest BCUT2D eigenvalue weighted by atomic mass is 10.2. The topological polar surface area (TPSA) is 55.8 Å². The van der Waals surface area contributed by atoms with Crippen LogP contribution in [0.25, 0.3) is 0 Å². The van der Waals surface area contributed by atoms with Crippen molar-refractivity contribution in [2.75, 3.05) is 20.3 Å². The van der Waals surface area contributed by atoms with Crippen LogP contribution in [0.15, 0.2) is 18.2 Å². The highest BCUT2D eigenvalue weighted by atomic mass is 16.5. The molecule has 0 fully saturated rings. The van der Waals surface area contributed by atoms with E-state index in [1.54, 1.807) is 18.4 Å². The van der Waals surface area contributed by atoms with Crippen LogP contribution in [-0.2, 0) is 4.79 Å². The summed E-state index contributed by atoms with van der Waals surface area (Å²) in [6, 6.07) is 4.71. The van der Waals surface area contributed by atoms with Crippen LogP contribution in [0.4, 0.5) is 0 Å². The van der Waals surface area contributed by atoms with Crippen molar-refractivity contribution in [1.82, 2.24) is 0 Å². The van der Waals surface area contributed by atoms with Gasteiger partial charge in [-0.3, -0.25) is 4.79 Å². The van der Waals surface area contributed by atoms with Crippen LogP contribution in [0.1, 0.15) is 5.56 Å². The van der Waals surface area contributed by atoms with Crippen LogP contribution >= 0.6 is 0 Å². The lowest BCUT2D eigenvalue weighted by Gasteiger charge is -2.09. The molecule has 1 aromatic carbocycles. The van der Waals surface area contributed by atoms with E-state index in [4.69, 9.17) is 14.6 Å². The minimum Gasteiger partial charge on any atom is -0.493 e. The van der Waals surface area contributed by atoms with Crippen LogP contribution in [0.5, 0.6) is 11.5 Å². The van der Waals surface area contributed by atoms with Crippen molar-refractivity contribution in [1.29, 1.82) is 0 Å². The van der Waals surface area contributed by atoms with E-state index in [-0.39, 0.29) is 13.2 Å². The highest BCUT2D eigenvalue weighted by Gasteiger charge is 2.04. The van der Waals surface area contributed by atoms with E-state index in [2.05, 4.69) is 0 Å². The largest absolute Gasteiger partial charge is 0.493 e. The zero-order valence-electron chi connectivity index (χ0n) is 7.82. The summed E-state index contributed by atoms with van der Waals surface area (Å²) in [5.41, 5.74) is 0.401. The zero-order valence-corrected chi connectivity index (χ0v) is 7.82. The van der Waals surface area contributed by atoms with Gasteiger partial charge in [0.25, 0.3) is 0 Å². The van der Waals surface area contributed by atoms with Gasteiger partial charge in [-0.25, -0.2) is 0 Å². The molecule has 1 rings (SSSR count). The molecule has 0 aliphatic heterocycles. The molecule has 1 N–H and O–H groups in total.